The van der Waals surface area contributed by atoms with E-state index in [1.54, 1.807) is 4.57 Å². The van der Waals surface area contributed by atoms with Gasteiger partial charge in [-0.3, -0.25) is 4.57 Å². The third kappa shape index (κ3) is 5.38. The first kappa shape index (κ1) is 18.1. The molecule has 0 bridgehead atoms. The molecule has 0 radical (unpaired) electrons. The molecule has 0 saturated carbocycles. The molecular formula is C16H27N5O4. The van der Waals surface area contributed by atoms with E-state index < -0.39 is 4.92 Å². The molecule has 1 fully saturated rings. The molecule has 3 heterocycles. The summed E-state index contributed by atoms with van der Waals surface area (Å²) in [6.07, 6.45) is 6.01. The molecule has 0 spiro atoms. The SMILES string of the molecule is O=[N+]([O-])c1cn2c(n1)OCC(OCCCCCCN1CCNCC1)C2. The molecule has 0 amide bonds. The molecule has 1 aromatic rings. The fraction of sp³-hybridized carbons (Fsp3) is 0.812. The Balaban J connectivity index is 1.25. The van der Waals surface area contributed by atoms with E-state index in [0.717, 1.165) is 19.5 Å². The number of imidazole rings is 1. The minimum Gasteiger partial charge on any atom is -0.443 e. The Morgan fingerprint density at radius 2 is 2.12 bits per heavy atom. The number of nitrogens with zero attached hydrogens (tertiary/aromatic N) is 4. The van der Waals surface area contributed by atoms with E-state index in [0.29, 0.717) is 25.8 Å². The number of fused-ring (bicyclic) bond motifs is 1. The number of unbranched alkanes of at least 4 members (excludes halogenated alkanes) is 3. The molecule has 1 N–H and O–H groups in total. The summed E-state index contributed by atoms with van der Waals surface area (Å²) >= 11 is 0. The summed E-state index contributed by atoms with van der Waals surface area (Å²) in [4.78, 5) is 16.6. The zero-order chi connectivity index (χ0) is 17.5. The molecule has 2 aliphatic rings. The highest BCUT2D eigenvalue weighted by Crippen LogP contribution is 2.22. The second-order valence-electron chi connectivity index (χ2n) is 6.60. The van der Waals surface area contributed by atoms with Crippen molar-refractivity contribution in [1.29, 1.82) is 0 Å². The molecule has 25 heavy (non-hydrogen) atoms. The molecule has 9 nitrogen and oxygen atoms in total. The number of hydrogen-bond donors (Lipinski definition) is 1. The van der Waals surface area contributed by atoms with E-state index in [-0.39, 0.29) is 11.9 Å². The fourth-order valence-corrected chi connectivity index (χ4v) is 3.24. The predicted octanol–water partition coefficient (Wildman–Crippen LogP) is 1.03. The largest absolute Gasteiger partial charge is 0.443 e. The summed E-state index contributed by atoms with van der Waals surface area (Å²) in [7, 11) is 0. The van der Waals surface area contributed by atoms with Gasteiger partial charge in [0, 0.05) is 37.8 Å². The van der Waals surface area contributed by atoms with Crippen molar-refractivity contribution in [2.24, 2.45) is 0 Å². The highest BCUT2D eigenvalue weighted by Gasteiger charge is 2.28. The van der Waals surface area contributed by atoms with Crippen LogP contribution >= 0.6 is 0 Å². The highest BCUT2D eigenvalue weighted by molar-refractivity contribution is 5.21. The number of piperazine rings is 1. The fourth-order valence-electron chi connectivity index (χ4n) is 3.24. The van der Waals surface area contributed by atoms with Crippen LogP contribution in [0.15, 0.2) is 6.20 Å². The van der Waals surface area contributed by atoms with Gasteiger partial charge >= 0.3 is 11.8 Å². The first-order valence-corrected chi connectivity index (χ1v) is 9.11. The van der Waals surface area contributed by atoms with Gasteiger partial charge in [-0.25, -0.2) is 0 Å². The monoisotopic (exact) mass is 353 g/mol. The predicted molar refractivity (Wildman–Crippen MR) is 91.9 cm³/mol. The van der Waals surface area contributed by atoms with E-state index in [9.17, 15) is 10.1 Å². The Hall–Kier alpha value is -1.71. The van der Waals surface area contributed by atoms with Crippen LogP contribution in [0.2, 0.25) is 0 Å². The smallest absolute Gasteiger partial charge is 0.414 e. The lowest BCUT2D eigenvalue weighted by atomic mass is 10.2. The van der Waals surface area contributed by atoms with Crippen molar-refractivity contribution < 1.29 is 14.4 Å². The van der Waals surface area contributed by atoms with E-state index in [1.165, 1.54) is 45.1 Å². The minimum atomic E-state index is -0.509. The lowest BCUT2D eigenvalue weighted by molar-refractivity contribution is -0.389. The van der Waals surface area contributed by atoms with Crippen LogP contribution in [0.5, 0.6) is 6.01 Å². The molecule has 0 aliphatic carbocycles. The van der Waals surface area contributed by atoms with E-state index >= 15 is 0 Å². The highest BCUT2D eigenvalue weighted by atomic mass is 16.6. The van der Waals surface area contributed by atoms with Gasteiger partial charge in [-0.2, -0.15) is 0 Å². The summed E-state index contributed by atoms with van der Waals surface area (Å²) in [6.45, 7) is 7.40. The molecule has 0 aromatic carbocycles. The number of hydrogen-bond acceptors (Lipinski definition) is 7. The van der Waals surface area contributed by atoms with Crippen LogP contribution in [0.3, 0.4) is 0 Å². The van der Waals surface area contributed by atoms with Crippen LogP contribution in [0.1, 0.15) is 25.7 Å². The Kier molecular flexibility index (Phi) is 6.60. The third-order valence-corrected chi connectivity index (χ3v) is 4.64. The van der Waals surface area contributed by atoms with E-state index in [2.05, 4.69) is 15.2 Å². The normalized spacial score (nSPS) is 20.9. The zero-order valence-electron chi connectivity index (χ0n) is 14.6. The number of aromatic nitrogens is 2. The Bertz CT molecular complexity index is 559. The maximum absolute atomic E-state index is 10.7. The molecule has 9 heteroatoms. The quantitative estimate of drug-likeness (QED) is 0.402. The summed E-state index contributed by atoms with van der Waals surface area (Å²) in [6, 6.07) is 0.305. The van der Waals surface area contributed by atoms with Crippen LogP contribution < -0.4 is 10.1 Å². The minimum absolute atomic E-state index is 0.0674. The van der Waals surface area contributed by atoms with Crippen molar-refractivity contribution in [3.8, 4) is 6.01 Å². The van der Waals surface area contributed by atoms with Gasteiger partial charge in [-0.1, -0.05) is 12.8 Å². The average molecular weight is 353 g/mol. The van der Waals surface area contributed by atoms with E-state index in [4.69, 9.17) is 9.47 Å². The van der Waals surface area contributed by atoms with Crippen molar-refractivity contribution >= 4 is 5.82 Å². The van der Waals surface area contributed by atoms with Gasteiger partial charge in [0.2, 0.25) is 0 Å². The Morgan fingerprint density at radius 3 is 2.92 bits per heavy atom. The van der Waals surface area contributed by atoms with Crippen LogP contribution in [-0.4, -0.2) is 71.4 Å². The zero-order valence-corrected chi connectivity index (χ0v) is 14.6. The van der Waals surface area contributed by atoms with Crippen molar-refractivity contribution in [3.63, 3.8) is 0 Å². The van der Waals surface area contributed by atoms with Crippen molar-refractivity contribution in [3.05, 3.63) is 16.3 Å². The summed E-state index contributed by atoms with van der Waals surface area (Å²) in [5.74, 6) is -0.180. The van der Waals surface area contributed by atoms with Gasteiger partial charge < -0.3 is 29.8 Å². The summed E-state index contributed by atoms with van der Waals surface area (Å²) < 4.78 is 12.9. The molecule has 2 aliphatic heterocycles. The van der Waals surface area contributed by atoms with Crippen LogP contribution in [-0.2, 0) is 11.3 Å². The second-order valence-corrected chi connectivity index (χ2v) is 6.60. The Labute approximate surface area is 147 Å². The lowest BCUT2D eigenvalue weighted by Gasteiger charge is -2.27. The van der Waals surface area contributed by atoms with Crippen LogP contribution in [0, 0.1) is 10.1 Å². The maximum Gasteiger partial charge on any atom is 0.414 e. The van der Waals surface area contributed by atoms with Gasteiger partial charge in [0.1, 0.15) is 18.9 Å². The van der Waals surface area contributed by atoms with Crippen LogP contribution in [0.25, 0.3) is 0 Å². The lowest BCUT2D eigenvalue weighted by Crippen LogP contribution is -2.43. The van der Waals surface area contributed by atoms with Crippen molar-refractivity contribution in [1.82, 2.24) is 19.8 Å². The topological polar surface area (TPSA) is 94.7 Å². The first-order chi connectivity index (χ1) is 12.2. The van der Waals surface area contributed by atoms with Gasteiger partial charge in [-0.05, 0) is 24.3 Å². The summed E-state index contributed by atoms with van der Waals surface area (Å²) in [5.41, 5.74) is 0. The molecule has 3 rings (SSSR count). The molecule has 1 aromatic heterocycles. The molecule has 140 valence electrons. The third-order valence-electron chi connectivity index (χ3n) is 4.64. The van der Waals surface area contributed by atoms with Gasteiger partial charge in [0.25, 0.3) is 0 Å². The van der Waals surface area contributed by atoms with Crippen molar-refractivity contribution in [2.75, 3.05) is 45.9 Å². The van der Waals surface area contributed by atoms with Crippen molar-refractivity contribution in [2.45, 2.75) is 38.3 Å². The summed E-state index contributed by atoms with van der Waals surface area (Å²) in [5, 5.41) is 14.1. The average Bonchev–Trinajstić information content (AvgIpc) is 3.05. The Morgan fingerprint density at radius 1 is 1.32 bits per heavy atom. The second kappa shape index (κ2) is 9.12. The first-order valence-electron chi connectivity index (χ1n) is 9.11. The standard InChI is InChI=1S/C16H27N5O4/c22-21(23)15-12-20-11-14(13-25-16(20)18-15)24-10-4-2-1-3-7-19-8-5-17-6-9-19/h12,14,17H,1-11,13H2. The number of rotatable bonds is 9. The van der Waals surface area contributed by atoms with Crippen LogP contribution in [0.4, 0.5) is 5.82 Å². The molecule has 1 saturated heterocycles. The number of nitro groups is 1. The maximum atomic E-state index is 10.7. The van der Waals surface area contributed by atoms with Gasteiger partial charge in [-0.15, -0.1) is 0 Å². The van der Waals surface area contributed by atoms with Gasteiger partial charge in [0.05, 0.1) is 6.54 Å². The van der Waals surface area contributed by atoms with E-state index in [1.807, 2.05) is 0 Å². The molecule has 1 atom stereocenters. The molecule has 1 unspecified atom stereocenters. The number of nitrogens with one attached hydrogen (secondary N) is 1. The van der Waals surface area contributed by atoms with Gasteiger partial charge in [0.15, 0.2) is 0 Å². The number of ether oxygens (including phenoxy) is 2. The molecular weight excluding hydrogens is 326 g/mol.